The number of nitrogens with zero attached hydrogens (tertiary/aromatic N) is 1. The molecule has 1 N–H and O–H groups in total. The maximum absolute atomic E-state index is 14.1. The highest BCUT2D eigenvalue weighted by Crippen LogP contribution is 2.34. The van der Waals surface area contributed by atoms with E-state index in [1.54, 1.807) is 30.3 Å². The summed E-state index contributed by atoms with van der Waals surface area (Å²) in [5.41, 5.74) is 0.959. The Morgan fingerprint density at radius 2 is 1.73 bits per heavy atom. The highest BCUT2D eigenvalue weighted by atomic mass is 35.5. The molecule has 0 radical (unpaired) electrons. The number of aromatic nitrogens is 1. The molecular weight excluding hydrogens is 380 g/mol. The summed E-state index contributed by atoms with van der Waals surface area (Å²) >= 11 is 12.0. The number of hydrogen-bond acceptors (Lipinski definition) is 4. The number of aliphatic hydroxyl groups is 1. The average Bonchev–Trinajstić information content (AvgIpc) is 2.66. The van der Waals surface area contributed by atoms with Gasteiger partial charge in [0.05, 0.1) is 17.2 Å². The van der Waals surface area contributed by atoms with E-state index in [-0.39, 0.29) is 21.5 Å². The third kappa shape index (κ3) is 3.75. The molecule has 0 aliphatic rings. The van der Waals surface area contributed by atoms with E-state index in [1.807, 2.05) is 0 Å². The van der Waals surface area contributed by atoms with Crippen LogP contribution in [-0.4, -0.2) is 17.2 Å². The Hall–Kier alpha value is -2.34. The second-order valence-electron chi connectivity index (χ2n) is 5.37. The predicted molar refractivity (Wildman–Crippen MR) is 97.8 cm³/mol. The van der Waals surface area contributed by atoms with Gasteiger partial charge in [0.15, 0.2) is 11.5 Å². The number of benzene rings is 2. The Labute approximate surface area is 159 Å². The Morgan fingerprint density at radius 1 is 1.04 bits per heavy atom. The lowest BCUT2D eigenvalue weighted by molar-refractivity contribution is 0.220. The summed E-state index contributed by atoms with van der Waals surface area (Å²) in [6.07, 6.45) is 1.85. The van der Waals surface area contributed by atoms with Crippen LogP contribution in [-0.2, 0) is 0 Å². The number of rotatable bonds is 5. The smallest absolute Gasteiger partial charge is 0.207 e. The first kappa shape index (κ1) is 18.5. The standard InChI is InChI=1S/C19H14Cl2FNO3/c1-25-15-3-2-4-16(18(15)22)26-12-7-5-11(6-8-12)19(24)13-9-23-10-14(20)17(13)21/h2-10,19,24H,1H3. The molecule has 7 heteroatoms. The molecule has 1 heterocycles. The van der Waals surface area contributed by atoms with E-state index in [4.69, 9.17) is 32.7 Å². The van der Waals surface area contributed by atoms with Crippen molar-refractivity contribution in [2.24, 2.45) is 0 Å². The molecule has 0 fully saturated rings. The molecule has 0 amide bonds. The van der Waals surface area contributed by atoms with Crippen LogP contribution < -0.4 is 9.47 Å². The van der Waals surface area contributed by atoms with Crippen LogP contribution in [0.4, 0.5) is 4.39 Å². The zero-order valence-electron chi connectivity index (χ0n) is 13.6. The molecule has 0 spiro atoms. The number of pyridine rings is 1. The van der Waals surface area contributed by atoms with E-state index in [0.29, 0.717) is 16.9 Å². The summed E-state index contributed by atoms with van der Waals surface area (Å²) in [6.45, 7) is 0. The first-order valence-electron chi connectivity index (χ1n) is 7.58. The molecule has 3 rings (SSSR count). The Balaban J connectivity index is 1.82. The van der Waals surface area contributed by atoms with Gasteiger partial charge in [-0.2, -0.15) is 4.39 Å². The van der Waals surface area contributed by atoms with Crippen molar-refractivity contribution < 1.29 is 19.0 Å². The molecular formula is C19H14Cl2FNO3. The normalized spacial score (nSPS) is 11.9. The number of aliphatic hydroxyl groups excluding tert-OH is 1. The number of methoxy groups -OCH3 is 1. The molecule has 0 aliphatic heterocycles. The molecule has 0 saturated carbocycles. The third-order valence-corrected chi connectivity index (χ3v) is 4.54. The van der Waals surface area contributed by atoms with Crippen molar-refractivity contribution in [3.8, 4) is 17.2 Å². The summed E-state index contributed by atoms with van der Waals surface area (Å²) in [5, 5.41) is 11.0. The largest absolute Gasteiger partial charge is 0.494 e. The third-order valence-electron chi connectivity index (χ3n) is 3.73. The first-order valence-corrected chi connectivity index (χ1v) is 8.34. The molecule has 1 aromatic heterocycles. The highest BCUT2D eigenvalue weighted by Gasteiger charge is 2.17. The molecule has 0 aliphatic carbocycles. The van der Waals surface area contributed by atoms with Crippen molar-refractivity contribution in [1.82, 2.24) is 4.98 Å². The van der Waals surface area contributed by atoms with E-state index in [0.717, 1.165) is 0 Å². The van der Waals surface area contributed by atoms with E-state index in [2.05, 4.69) is 4.98 Å². The zero-order valence-corrected chi connectivity index (χ0v) is 15.1. The van der Waals surface area contributed by atoms with Crippen molar-refractivity contribution in [3.05, 3.63) is 81.8 Å². The van der Waals surface area contributed by atoms with Gasteiger partial charge in [0.2, 0.25) is 5.82 Å². The van der Waals surface area contributed by atoms with Crippen LogP contribution >= 0.6 is 23.2 Å². The lowest BCUT2D eigenvalue weighted by Crippen LogP contribution is -2.01. The van der Waals surface area contributed by atoms with Gasteiger partial charge in [-0.3, -0.25) is 4.98 Å². The topological polar surface area (TPSA) is 51.6 Å². The van der Waals surface area contributed by atoms with Gasteiger partial charge in [-0.1, -0.05) is 41.4 Å². The Morgan fingerprint density at radius 3 is 2.42 bits per heavy atom. The van der Waals surface area contributed by atoms with Crippen molar-refractivity contribution in [2.75, 3.05) is 7.11 Å². The number of halogens is 3. The van der Waals surface area contributed by atoms with Gasteiger partial charge in [-0.25, -0.2) is 0 Å². The quantitative estimate of drug-likeness (QED) is 0.629. The minimum atomic E-state index is -1.00. The minimum Gasteiger partial charge on any atom is -0.494 e. The Bertz CT molecular complexity index is 919. The summed E-state index contributed by atoms with van der Waals surface area (Å²) < 4.78 is 24.6. The fraction of sp³-hybridized carbons (Fsp3) is 0.105. The molecule has 0 saturated heterocycles. The van der Waals surface area contributed by atoms with E-state index in [9.17, 15) is 9.50 Å². The van der Waals surface area contributed by atoms with Crippen LogP contribution in [0.25, 0.3) is 0 Å². The van der Waals surface area contributed by atoms with Gasteiger partial charge in [-0.15, -0.1) is 0 Å². The van der Waals surface area contributed by atoms with Gasteiger partial charge in [-0.05, 0) is 29.8 Å². The maximum atomic E-state index is 14.1. The molecule has 2 aromatic carbocycles. The second-order valence-corrected chi connectivity index (χ2v) is 6.16. The van der Waals surface area contributed by atoms with Crippen molar-refractivity contribution >= 4 is 23.2 Å². The summed E-state index contributed by atoms with van der Waals surface area (Å²) in [6, 6.07) is 11.2. The molecule has 3 aromatic rings. The van der Waals surface area contributed by atoms with E-state index < -0.39 is 11.9 Å². The summed E-state index contributed by atoms with van der Waals surface area (Å²) in [4.78, 5) is 3.94. The number of hydrogen-bond donors (Lipinski definition) is 1. The van der Waals surface area contributed by atoms with Crippen LogP contribution in [0.3, 0.4) is 0 Å². The van der Waals surface area contributed by atoms with Gasteiger partial charge in [0, 0.05) is 18.0 Å². The van der Waals surface area contributed by atoms with Crippen LogP contribution in [0.1, 0.15) is 17.2 Å². The molecule has 1 atom stereocenters. The van der Waals surface area contributed by atoms with Crippen LogP contribution in [0.15, 0.2) is 54.9 Å². The zero-order chi connectivity index (χ0) is 18.7. The second kappa shape index (κ2) is 7.91. The maximum Gasteiger partial charge on any atom is 0.207 e. The first-order chi connectivity index (χ1) is 12.5. The van der Waals surface area contributed by atoms with Crippen LogP contribution in [0, 0.1) is 5.82 Å². The van der Waals surface area contributed by atoms with Gasteiger partial charge in [0.25, 0.3) is 0 Å². The lowest BCUT2D eigenvalue weighted by atomic mass is 10.0. The lowest BCUT2D eigenvalue weighted by Gasteiger charge is -2.14. The predicted octanol–water partition coefficient (Wildman–Crippen LogP) is 5.41. The van der Waals surface area contributed by atoms with Crippen molar-refractivity contribution in [2.45, 2.75) is 6.10 Å². The average molecular weight is 394 g/mol. The van der Waals surface area contributed by atoms with Crippen LogP contribution in [0.5, 0.6) is 17.2 Å². The van der Waals surface area contributed by atoms with Gasteiger partial charge >= 0.3 is 0 Å². The molecule has 4 nitrogen and oxygen atoms in total. The summed E-state index contributed by atoms with van der Waals surface area (Å²) in [7, 11) is 1.38. The van der Waals surface area contributed by atoms with Gasteiger partial charge < -0.3 is 14.6 Å². The fourth-order valence-corrected chi connectivity index (χ4v) is 2.74. The van der Waals surface area contributed by atoms with E-state index >= 15 is 0 Å². The monoisotopic (exact) mass is 393 g/mol. The van der Waals surface area contributed by atoms with Crippen LogP contribution in [0.2, 0.25) is 10.0 Å². The minimum absolute atomic E-state index is 0.0414. The van der Waals surface area contributed by atoms with Crippen molar-refractivity contribution in [1.29, 1.82) is 0 Å². The molecule has 1 unspecified atom stereocenters. The van der Waals surface area contributed by atoms with E-state index in [1.165, 1.54) is 31.6 Å². The molecule has 0 bridgehead atoms. The SMILES string of the molecule is COc1cccc(Oc2ccc(C(O)c3cncc(Cl)c3Cl)cc2)c1F. The highest BCUT2D eigenvalue weighted by molar-refractivity contribution is 6.42. The molecule has 26 heavy (non-hydrogen) atoms. The molecule has 134 valence electrons. The van der Waals surface area contributed by atoms with Crippen molar-refractivity contribution in [3.63, 3.8) is 0 Å². The fourth-order valence-electron chi connectivity index (χ4n) is 2.38. The Kier molecular flexibility index (Phi) is 5.61. The van der Waals surface area contributed by atoms with Gasteiger partial charge in [0.1, 0.15) is 11.9 Å². The number of ether oxygens (including phenoxy) is 2. The summed E-state index contributed by atoms with van der Waals surface area (Å²) in [5.74, 6) is -0.0447.